The molecular weight excluding hydrogens is 335 g/mol. The molecule has 2 aromatic rings. The molecule has 0 bridgehead atoms. The molecule has 2 heterocycles. The quantitative estimate of drug-likeness (QED) is 0.436. The number of rotatable bonds is 7. The smallest absolute Gasteiger partial charge is 0.469 e. The van der Waals surface area contributed by atoms with Crippen LogP contribution < -0.4 is 0 Å². The molecule has 0 radical (unpaired) electrons. The largest absolute Gasteiger partial charge is 0.505 e. The molecule has 1 atom stereocenters. The highest BCUT2D eigenvalue weighted by atomic mass is 31.2. The lowest BCUT2D eigenvalue weighted by Gasteiger charge is -2.11. The summed E-state index contributed by atoms with van der Waals surface area (Å²) in [6.07, 6.45) is 6.78. The van der Waals surface area contributed by atoms with Gasteiger partial charge < -0.3 is 19.9 Å². The highest BCUT2D eigenvalue weighted by molar-refractivity contribution is 7.46. The summed E-state index contributed by atoms with van der Waals surface area (Å²) in [6.45, 7) is 3.13. The molecule has 0 aliphatic heterocycles. The van der Waals surface area contributed by atoms with E-state index >= 15 is 0 Å². The van der Waals surface area contributed by atoms with E-state index in [9.17, 15) is 9.67 Å². The van der Waals surface area contributed by atoms with E-state index in [0.717, 1.165) is 5.69 Å². The van der Waals surface area contributed by atoms with Crippen molar-refractivity contribution in [2.75, 3.05) is 0 Å². The molecule has 0 aliphatic rings. The van der Waals surface area contributed by atoms with E-state index in [4.69, 9.17) is 9.79 Å². The maximum absolute atomic E-state index is 10.9. The standard InChI is InChI=1S/C14H19N4O5P/c1-9(3-12-5-15-8-18-12)16-6-13-11(7-23-24(20,21)22)4-17-10(2)14(13)19/h4-6,8-9,19H,3,7H2,1-2H3,(H,15,18)(H2,20,21,22)/t9-/m1/s1. The van der Waals surface area contributed by atoms with E-state index in [1.54, 1.807) is 19.4 Å². The number of nitrogens with one attached hydrogen (secondary N) is 1. The van der Waals surface area contributed by atoms with Gasteiger partial charge in [-0.05, 0) is 13.8 Å². The Morgan fingerprint density at radius 1 is 1.46 bits per heavy atom. The van der Waals surface area contributed by atoms with Crippen molar-refractivity contribution < 1.29 is 24.0 Å². The zero-order valence-electron chi connectivity index (χ0n) is 13.2. The van der Waals surface area contributed by atoms with Gasteiger partial charge in [0.25, 0.3) is 0 Å². The number of imidazole rings is 1. The zero-order chi connectivity index (χ0) is 17.7. The van der Waals surface area contributed by atoms with Crippen LogP contribution in [-0.2, 0) is 22.1 Å². The number of aliphatic imine (C=N–C) groups is 1. The van der Waals surface area contributed by atoms with Crippen LogP contribution in [-0.4, -0.2) is 42.1 Å². The van der Waals surface area contributed by atoms with Gasteiger partial charge in [-0.25, -0.2) is 9.55 Å². The molecule has 0 spiro atoms. The minimum Gasteiger partial charge on any atom is -0.505 e. The summed E-state index contributed by atoms with van der Waals surface area (Å²) in [6, 6.07) is -0.0890. The lowest BCUT2D eigenvalue weighted by Crippen LogP contribution is -2.06. The molecule has 0 aromatic carbocycles. The molecule has 9 nitrogen and oxygen atoms in total. The lowest BCUT2D eigenvalue weighted by atomic mass is 10.1. The second kappa shape index (κ2) is 7.67. The van der Waals surface area contributed by atoms with E-state index in [1.165, 1.54) is 12.4 Å². The number of H-pyrrole nitrogens is 1. The molecular formula is C14H19N4O5P. The Morgan fingerprint density at radius 3 is 2.83 bits per heavy atom. The predicted octanol–water partition coefficient (Wildman–Crippen LogP) is 1.48. The van der Waals surface area contributed by atoms with Gasteiger partial charge in [0.15, 0.2) is 0 Å². The van der Waals surface area contributed by atoms with Gasteiger partial charge in [-0.3, -0.25) is 14.5 Å². The molecule has 130 valence electrons. The highest BCUT2D eigenvalue weighted by Gasteiger charge is 2.17. The van der Waals surface area contributed by atoms with Crippen molar-refractivity contribution in [2.45, 2.75) is 32.9 Å². The fraction of sp³-hybridized carbons (Fsp3) is 0.357. The molecule has 4 N–H and O–H groups in total. The van der Waals surface area contributed by atoms with E-state index in [2.05, 4.69) is 24.5 Å². The molecule has 0 saturated carbocycles. The second-order valence-electron chi connectivity index (χ2n) is 5.30. The summed E-state index contributed by atoms with van der Waals surface area (Å²) in [5.41, 5.74) is 1.98. The van der Waals surface area contributed by atoms with Gasteiger partial charge in [0.05, 0.1) is 24.7 Å². The van der Waals surface area contributed by atoms with Gasteiger partial charge in [-0.1, -0.05) is 0 Å². The Kier molecular flexibility index (Phi) is 5.84. The number of aromatic nitrogens is 3. The molecule has 0 amide bonds. The number of hydrogen-bond acceptors (Lipinski definition) is 6. The van der Waals surface area contributed by atoms with E-state index in [-0.39, 0.29) is 18.4 Å². The first kappa shape index (κ1) is 18.3. The van der Waals surface area contributed by atoms with Crippen LogP contribution in [0.1, 0.15) is 29.4 Å². The predicted molar refractivity (Wildman–Crippen MR) is 86.8 cm³/mol. The maximum Gasteiger partial charge on any atom is 0.469 e. The average molecular weight is 354 g/mol. The van der Waals surface area contributed by atoms with Crippen LogP contribution in [0.2, 0.25) is 0 Å². The summed E-state index contributed by atoms with van der Waals surface area (Å²) < 4.78 is 15.3. The van der Waals surface area contributed by atoms with Crippen molar-refractivity contribution in [3.05, 3.63) is 41.2 Å². The minimum absolute atomic E-state index is 0.0890. The van der Waals surface area contributed by atoms with Gasteiger partial charge >= 0.3 is 7.82 Å². The minimum atomic E-state index is -4.62. The van der Waals surface area contributed by atoms with Crippen LogP contribution >= 0.6 is 7.82 Å². The van der Waals surface area contributed by atoms with E-state index in [0.29, 0.717) is 23.2 Å². The number of phosphoric ester groups is 1. The zero-order valence-corrected chi connectivity index (χ0v) is 14.1. The summed E-state index contributed by atoms with van der Waals surface area (Å²) in [7, 11) is -4.62. The van der Waals surface area contributed by atoms with E-state index < -0.39 is 7.82 Å². The Bertz CT molecular complexity index is 757. The monoisotopic (exact) mass is 354 g/mol. The van der Waals surface area contributed by atoms with Crippen molar-refractivity contribution in [1.82, 2.24) is 15.0 Å². The SMILES string of the molecule is Cc1ncc(COP(=O)(O)O)c(C=N[C@H](C)Cc2cnc[nH]2)c1O. The van der Waals surface area contributed by atoms with Gasteiger partial charge in [0.2, 0.25) is 0 Å². The third-order valence-electron chi connectivity index (χ3n) is 3.27. The van der Waals surface area contributed by atoms with Crippen LogP contribution in [0.5, 0.6) is 5.75 Å². The molecule has 0 saturated heterocycles. The van der Waals surface area contributed by atoms with Crippen molar-refractivity contribution in [1.29, 1.82) is 0 Å². The Hall–Kier alpha value is -2.06. The summed E-state index contributed by atoms with van der Waals surface area (Å²) in [5.74, 6) is -0.0979. The summed E-state index contributed by atoms with van der Waals surface area (Å²) in [4.78, 5) is 32.9. The van der Waals surface area contributed by atoms with Crippen LogP contribution in [0.4, 0.5) is 0 Å². The van der Waals surface area contributed by atoms with Crippen molar-refractivity contribution >= 4 is 14.0 Å². The number of hydrogen-bond donors (Lipinski definition) is 4. The third kappa shape index (κ3) is 5.24. The normalized spacial score (nSPS) is 13.5. The number of nitrogens with zero attached hydrogens (tertiary/aromatic N) is 3. The van der Waals surface area contributed by atoms with Crippen LogP contribution in [0.25, 0.3) is 0 Å². The van der Waals surface area contributed by atoms with E-state index in [1.807, 2.05) is 6.92 Å². The van der Waals surface area contributed by atoms with Crippen molar-refractivity contribution in [2.24, 2.45) is 4.99 Å². The number of pyridine rings is 1. The average Bonchev–Trinajstić information content (AvgIpc) is 2.99. The van der Waals surface area contributed by atoms with Crippen molar-refractivity contribution in [3.8, 4) is 5.75 Å². The van der Waals surface area contributed by atoms with Crippen LogP contribution in [0.15, 0.2) is 23.7 Å². The maximum atomic E-state index is 10.9. The van der Waals surface area contributed by atoms with Gasteiger partial charge in [-0.2, -0.15) is 0 Å². The molecule has 0 fully saturated rings. The fourth-order valence-electron chi connectivity index (χ4n) is 2.03. The molecule has 24 heavy (non-hydrogen) atoms. The molecule has 0 aliphatic carbocycles. The third-order valence-corrected chi connectivity index (χ3v) is 3.74. The molecule has 2 rings (SSSR count). The lowest BCUT2D eigenvalue weighted by molar-refractivity contribution is 0.188. The topological polar surface area (TPSA) is 141 Å². The van der Waals surface area contributed by atoms with Crippen LogP contribution in [0, 0.1) is 6.92 Å². The van der Waals surface area contributed by atoms with Gasteiger partial charge in [-0.15, -0.1) is 0 Å². The molecule has 10 heteroatoms. The van der Waals surface area contributed by atoms with Gasteiger partial charge in [0, 0.05) is 41.8 Å². The Labute approximate surface area is 138 Å². The second-order valence-corrected chi connectivity index (χ2v) is 6.54. The summed E-state index contributed by atoms with van der Waals surface area (Å²) in [5, 5.41) is 10.2. The highest BCUT2D eigenvalue weighted by Crippen LogP contribution is 2.37. The van der Waals surface area contributed by atoms with Crippen molar-refractivity contribution in [3.63, 3.8) is 0 Å². The first-order chi connectivity index (χ1) is 11.3. The Balaban J connectivity index is 2.18. The van der Waals surface area contributed by atoms with Crippen LogP contribution in [0.3, 0.4) is 0 Å². The number of aromatic amines is 1. The Morgan fingerprint density at radius 2 is 2.21 bits per heavy atom. The fourth-order valence-corrected chi connectivity index (χ4v) is 2.34. The number of phosphoric acid groups is 1. The first-order valence-electron chi connectivity index (χ1n) is 7.14. The number of aryl methyl sites for hydroxylation is 1. The number of aromatic hydroxyl groups is 1. The molecule has 0 unspecified atom stereocenters. The molecule has 2 aromatic heterocycles. The summed E-state index contributed by atoms with van der Waals surface area (Å²) >= 11 is 0. The van der Waals surface area contributed by atoms with Gasteiger partial charge in [0.1, 0.15) is 5.75 Å². The first-order valence-corrected chi connectivity index (χ1v) is 8.67.